The van der Waals surface area contributed by atoms with Crippen LogP contribution in [0.1, 0.15) is 12.7 Å². The van der Waals surface area contributed by atoms with Crippen molar-refractivity contribution in [1.29, 1.82) is 0 Å². The van der Waals surface area contributed by atoms with E-state index in [0.29, 0.717) is 10.2 Å². The number of aromatic nitrogens is 1. The second-order valence-electron chi connectivity index (χ2n) is 5.70. The molecule has 152 valence electrons. The lowest BCUT2D eigenvalue weighted by atomic mass is 10.3. The number of anilines is 1. The average Bonchev–Trinajstić information content (AvgIpc) is 3.04. The Labute approximate surface area is 169 Å². The molecule has 0 fully saturated rings. The minimum atomic E-state index is -4.09. The Balaban J connectivity index is 2.00. The lowest BCUT2D eigenvalue weighted by Crippen LogP contribution is -2.46. The number of aliphatic hydroxyl groups excluding tert-OH is 1. The number of carbonyl (C=O) groups is 2. The number of ether oxygens (including phenoxy) is 1. The smallest absolute Gasteiger partial charge is 0.327 e. The van der Waals surface area contributed by atoms with E-state index in [9.17, 15) is 23.1 Å². The zero-order chi connectivity index (χ0) is 20.9. The van der Waals surface area contributed by atoms with Crippen LogP contribution in [0.25, 0.3) is 0 Å². The second-order valence-corrected chi connectivity index (χ2v) is 8.33. The molecule has 0 bridgehead atoms. The Morgan fingerprint density at radius 1 is 1.32 bits per heavy atom. The Kier molecular flexibility index (Phi) is 7.29. The number of hydrogen-bond donors (Lipinski definition) is 3. The highest BCUT2D eigenvalue weighted by Crippen LogP contribution is 2.15. The second kappa shape index (κ2) is 9.28. The van der Waals surface area contributed by atoms with Crippen molar-refractivity contribution >= 4 is 43.6 Å². The molecule has 1 aromatic heterocycles. The number of aliphatic hydroxyl groups is 1. The van der Waals surface area contributed by atoms with Crippen LogP contribution in [0.2, 0.25) is 0 Å². The molecule has 28 heavy (non-hydrogen) atoms. The normalized spacial score (nSPS) is 13.6. The van der Waals surface area contributed by atoms with E-state index < -0.39 is 40.7 Å². The van der Waals surface area contributed by atoms with Crippen LogP contribution in [0, 0.1) is 6.92 Å². The molecule has 1 heterocycles. The van der Waals surface area contributed by atoms with Crippen LogP contribution in [0.5, 0.6) is 0 Å². The van der Waals surface area contributed by atoms with Gasteiger partial charge in [0.05, 0.1) is 11.5 Å². The predicted molar refractivity (Wildman–Crippen MR) is 101 cm³/mol. The van der Waals surface area contributed by atoms with Gasteiger partial charge in [0.2, 0.25) is 10.0 Å². The summed E-state index contributed by atoms with van der Waals surface area (Å²) in [6.07, 6.45) is -1.27. The first-order chi connectivity index (χ1) is 13.1. The Morgan fingerprint density at radius 3 is 2.50 bits per heavy atom. The lowest BCUT2D eigenvalue weighted by molar-refractivity contribution is -0.155. The van der Waals surface area contributed by atoms with E-state index >= 15 is 0 Å². The van der Waals surface area contributed by atoms with Crippen molar-refractivity contribution in [2.75, 3.05) is 11.9 Å². The molecule has 0 aliphatic carbocycles. The number of hydrogen-bond acceptors (Lipinski definition) is 8. The number of carbonyl (C=O) groups excluding carboxylic acids is 2. The molecule has 1 amide bonds. The van der Waals surface area contributed by atoms with Crippen molar-refractivity contribution in [3.8, 4) is 0 Å². The highest BCUT2D eigenvalue weighted by molar-refractivity contribution is 9.10. The maximum absolute atomic E-state index is 12.3. The van der Waals surface area contributed by atoms with Gasteiger partial charge in [0.1, 0.15) is 11.8 Å². The zero-order valence-electron chi connectivity index (χ0n) is 14.9. The molecule has 0 saturated heterocycles. The van der Waals surface area contributed by atoms with Gasteiger partial charge in [-0.2, -0.15) is 4.72 Å². The van der Waals surface area contributed by atoms with Gasteiger partial charge in [-0.1, -0.05) is 21.1 Å². The first kappa shape index (κ1) is 22.0. The molecule has 2 aromatic rings. The van der Waals surface area contributed by atoms with Crippen molar-refractivity contribution in [1.82, 2.24) is 9.88 Å². The number of sulfonamides is 1. The molecule has 2 unspecified atom stereocenters. The predicted octanol–water partition coefficient (Wildman–Crippen LogP) is 0.955. The van der Waals surface area contributed by atoms with Gasteiger partial charge in [-0.25, -0.2) is 8.42 Å². The first-order valence-corrected chi connectivity index (χ1v) is 10.2. The van der Waals surface area contributed by atoms with Gasteiger partial charge in [-0.15, -0.1) is 0 Å². The van der Waals surface area contributed by atoms with Gasteiger partial charge in [0, 0.05) is 10.5 Å². The van der Waals surface area contributed by atoms with E-state index in [1.807, 2.05) is 4.72 Å². The van der Waals surface area contributed by atoms with Crippen molar-refractivity contribution in [3.63, 3.8) is 0 Å². The van der Waals surface area contributed by atoms with Crippen molar-refractivity contribution in [2.45, 2.75) is 30.9 Å². The molecule has 1 aromatic carbocycles. The molecule has 0 saturated carbocycles. The fourth-order valence-corrected chi connectivity index (χ4v) is 3.43. The van der Waals surface area contributed by atoms with Crippen molar-refractivity contribution in [3.05, 3.63) is 40.6 Å². The zero-order valence-corrected chi connectivity index (χ0v) is 17.3. The van der Waals surface area contributed by atoms with Crippen LogP contribution in [0.4, 0.5) is 5.82 Å². The number of nitrogens with zero attached hydrogens (tertiary/aromatic N) is 1. The average molecular weight is 476 g/mol. The third-order valence-corrected chi connectivity index (χ3v) is 5.45. The summed E-state index contributed by atoms with van der Waals surface area (Å²) in [4.78, 5) is 24.1. The maximum atomic E-state index is 12.3. The minimum Gasteiger partial charge on any atom is -0.451 e. The summed E-state index contributed by atoms with van der Waals surface area (Å²) in [7, 11) is -4.09. The summed E-state index contributed by atoms with van der Waals surface area (Å²) in [6, 6.07) is 5.55. The van der Waals surface area contributed by atoms with Gasteiger partial charge in [0.15, 0.2) is 11.9 Å². The Bertz CT molecular complexity index is 943. The molecule has 0 aliphatic heterocycles. The van der Waals surface area contributed by atoms with Gasteiger partial charge in [0.25, 0.3) is 5.91 Å². The largest absolute Gasteiger partial charge is 0.451 e. The molecule has 12 heteroatoms. The summed E-state index contributed by atoms with van der Waals surface area (Å²) in [5, 5.41) is 15.3. The third kappa shape index (κ3) is 5.86. The topological polar surface area (TPSA) is 148 Å². The third-order valence-electron chi connectivity index (χ3n) is 3.43. The van der Waals surface area contributed by atoms with Crippen molar-refractivity contribution in [2.24, 2.45) is 0 Å². The monoisotopic (exact) mass is 475 g/mol. The first-order valence-electron chi connectivity index (χ1n) is 7.96. The fourth-order valence-electron chi connectivity index (χ4n) is 1.99. The SMILES string of the molecule is Cc1cc(NC(=O)C(C)OC(=O)C(CO)NS(=O)(=O)c2ccc(Br)cc2)no1. The molecule has 2 rings (SSSR count). The minimum absolute atomic E-state index is 0.103. The molecule has 10 nitrogen and oxygen atoms in total. The summed E-state index contributed by atoms with van der Waals surface area (Å²) >= 11 is 3.19. The molecule has 0 spiro atoms. The molecule has 0 radical (unpaired) electrons. The van der Waals surface area contributed by atoms with E-state index in [0.717, 1.165) is 0 Å². The van der Waals surface area contributed by atoms with Crippen molar-refractivity contribution < 1.29 is 32.4 Å². The van der Waals surface area contributed by atoms with E-state index in [1.165, 1.54) is 37.3 Å². The van der Waals surface area contributed by atoms with E-state index in [2.05, 4.69) is 26.4 Å². The van der Waals surface area contributed by atoms with Crippen LogP contribution in [-0.4, -0.2) is 49.3 Å². The molecule has 0 aliphatic rings. The fraction of sp³-hybridized carbons (Fsp3) is 0.312. The number of amides is 1. The van der Waals surface area contributed by atoms with E-state index in [4.69, 9.17) is 9.26 Å². The molecular formula is C16H18BrN3O7S. The number of rotatable bonds is 8. The number of benzene rings is 1. The number of esters is 1. The van der Waals surface area contributed by atoms with Crippen LogP contribution in [0.3, 0.4) is 0 Å². The molecular weight excluding hydrogens is 458 g/mol. The number of halogens is 1. The number of aryl methyl sites for hydroxylation is 1. The van der Waals surface area contributed by atoms with Crippen LogP contribution in [0.15, 0.2) is 44.2 Å². The highest BCUT2D eigenvalue weighted by atomic mass is 79.9. The summed E-state index contributed by atoms with van der Waals surface area (Å²) in [5.41, 5.74) is 0. The highest BCUT2D eigenvalue weighted by Gasteiger charge is 2.29. The van der Waals surface area contributed by atoms with E-state index in [1.54, 1.807) is 6.92 Å². The molecule has 3 N–H and O–H groups in total. The number of nitrogens with one attached hydrogen (secondary N) is 2. The van der Waals surface area contributed by atoms with Crippen LogP contribution >= 0.6 is 15.9 Å². The summed E-state index contributed by atoms with van der Waals surface area (Å²) < 4.78 is 37.1. The van der Waals surface area contributed by atoms with Gasteiger partial charge in [-0.05, 0) is 38.1 Å². The standard InChI is InChI=1S/C16H18BrN3O7S/c1-9-7-14(19-27-9)18-15(22)10(2)26-16(23)13(8-21)20-28(24,25)12-5-3-11(17)4-6-12/h3-7,10,13,20-21H,8H2,1-2H3,(H,18,19,22). The molecule has 2 atom stereocenters. The van der Waals surface area contributed by atoms with E-state index in [-0.39, 0.29) is 10.7 Å². The van der Waals surface area contributed by atoms with Crippen LogP contribution in [-0.2, 0) is 24.3 Å². The Hall–Kier alpha value is -2.28. The summed E-state index contributed by atoms with van der Waals surface area (Å²) in [6.45, 7) is 2.07. The maximum Gasteiger partial charge on any atom is 0.327 e. The quantitative estimate of drug-likeness (QED) is 0.477. The lowest BCUT2D eigenvalue weighted by Gasteiger charge is -2.18. The van der Waals surface area contributed by atoms with Gasteiger partial charge in [-0.3, -0.25) is 9.59 Å². The van der Waals surface area contributed by atoms with Gasteiger partial charge >= 0.3 is 5.97 Å². The Morgan fingerprint density at radius 2 is 1.96 bits per heavy atom. The van der Waals surface area contributed by atoms with Crippen LogP contribution < -0.4 is 10.0 Å². The van der Waals surface area contributed by atoms with Gasteiger partial charge < -0.3 is 19.7 Å². The summed E-state index contributed by atoms with van der Waals surface area (Å²) in [5.74, 6) is -1.20.